The first-order valence-electron chi connectivity index (χ1n) is 5.74. The number of carboxylic acid groups (broad SMARTS) is 1. The Kier molecular flexibility index (Phi) is 18.5. The van der Waals surface area contributed by atoms with Gasteiger partial charge in [0.05, 0.1) is 5.01 Å². The van der Waals surface area contributed by atoms with Crippen LogP contribution in [-0.2, 0) is 4.74 Å². The van der Waals surface area contributed by atoms with Crippen molar-refractivity contribution in [2.75, 3.05) is 5.33 Å². The van der Waals surface area contributed by atoms with Crippen molar-refractivity contribution < 1.29 is 44.2 Å². The van der Waals surface area contributed by atoms with Gasteiger partial charge in [0.25, 0.3) is 6.16 Å². The molecule has 6 heteroatoms. The van der Waals surface area contributed by atoms with Crippen molar-refractivity contribution in [2.45, 2.75) is 56.4 Å². The van der Waals surface area contributed by atoms with Crippen molar-refractivity contribution in [3.8, 4) is 0 Å². The third-order valence-electron chi connectivity index (χ3n) is 2.29. The smallest absolute Gasteiger partial charge is 0.535 e. The Bertz CT molecular complexity index is 182. The summed E-state index contributed by atoms with van der Waals surface area (Å²) in [6, 6.07) is 0. The predicted octanol–water partition coefficient (Wildman–Crippen LogP) is 0.587. The van der Waals surface area contributed by atoms with Crippen LogP contribution in [0.3, 0.4) is 0 Å². The fraction of sp³-hybridized carbons (Fsp3) is 0.909. The maximum atomic E-state index is 10.1. The van der Waals surface area contributed by atoms with Crippen molar-refractivity contribution in [3.05, 3.63) is 0 Å². The summed E-state index contributed by atoms with van der Waals surface area (Å²) in [7, 11) is 0. The first kappa shape index (κ1) is 20.5. The molecular weight excluding hydrogens is 363 g/mol. The summed E-state index contributed by atoms with van der Waals surface area (Å²) >= 11 is 6.54. The number of hydrogen-bond acceptors (Lipinski definition) is 3. The largest absolute Gasteiger partial charge is 1.00 e. The number of carbonyl (C=O) groups is 1. The van der Waals surface area contributed by atoms with Crippen LogP contribution in [0.2, 0.25) is 0 Å². The minimum Gasteiger partial charge on any atom is -0.535 e. The van der Waals surface area contributed by atoms with Crippen LogP contribution in [0, 0.1) is 0 Å². The minimum absolute atomic E-state index is 0. The molecule has 0 aromatic heterocycles. The molecule has 0 rings (SSSR count). The Morgan fingerprint density at radius 2 is 1.53 bits per heavy atom. The Morgan fingerprint density at radius 3 is 2.00 bits per heavy atom. The third-order valence-corrected chi connectivity index (χ3v) is 3.49. The van der Waals surface area contributed by atoms with E-state index < -0.39 is 11.2 Å². The Hall–Kier alpha value is 1.23. The second-order valence-electron chi connectivity index (χ2n) is 3.73. The molecule has 96 valence electrons. The molecule has 0 saturated heterocycles. The summed E-state index contributed by atoms with van der Waals surface area (Å²) in [5.41, 5.74) is 0. The van der Waals surface area contributed by atoms with Crippen molar-refractivity contribution in [3.63, 3.8) is 0 Å². The van der Waals surface area contributed by atoms with Crippen molar-refractivity contribution >= 4 is 38.0 Å². The van der Waals surface area contributed by atoms with Gasteiger partial charge in [-0.1, -0.05) is 70.4 Å². The second-order valence-corrected chi connectivity index (χ2v) is 5.54. The summed E-state index contributed by atoms with van der Waals surface area (Å²) in [5, 5.41) is 10.8. The zero-order chi connectivity index (χ0) is 12.2. The summed E-state index contributed by atoms with van der Waals surface area (Å²) < 4.78 is 4.43. The standard InChI is InChI=1S/C11H20Br2O3.Na/c12-9-7-5-3-1-2-4-6-8-10(13)16-11(14)15;/h10H,1-9H2,(H,14,15);/q;+1/p-1. The molecule has 1 atom stereocenters. The van der Waals surface area contributed by atoms with Crippen LogP contribution < -0.4 is 34.7 Å². The zero-order valence-electron chi connectivity index (χ0n) is 10.4. The average Bonchev–Trinajstić information content (AvgIpc) is 2.21. The SMILES string of the molecule is O=C([O-])OC(Br)CCCCCCCCCBr.[Na+]. The molecule has 0 saturated carbocycles. The third kappa shape index (κ3) is 17.2. The van der Waals surface area contributed by atoms with E-state index in [4.69, 9.17) is 0 Å². The molecule has 0 aromatic rings. The van der Waals surface area contributed by atoms with E-state index in [-0.39, 0.29) is 29.6 Å². The van der Waals surface area contributed by atoms with Gasteiger partial charge in [0.1, 0.15) is 0 Å². The van der Waals surface area contributed by atoms with Gasteiger partial charge in [-0.05, 0) is 12.8 Å². The predicted molar refractivity (Wildman–Crippen MR) is 69.9 cm³/mol. The molecule has 0 radical (unpaired) electrons. The van der Waals surface area contributed by atoms with E-state index in [9.17, 15) is 9.90 Å². The summed E-state index contributed by atoms with van der Waals surface area (Å²) in [4.78, 5) is 10.1. The average molecular weight is 382 g/mol. The fourth-order valence-corrected chi connectivity index (χ4v) is 2.32. The molecule has 17 heavy (non-hydrogen) atoms. The van der Waals surface area contributed by atoms with Crippen molar-refractivity contribution in [1.29, 1.82) is 0 Å². The van der Waals surface area contributed by atoms with E-state index in [1.54, 1.807) is 0 Å². The second kappa shape index (κ2) is 15.3. The normalized spacial score (nSPS) is 11.6. The monoisotopic (exact) mass is 380 g/mol. The Morgan fingerprint density at radius 1 is 1.06 bits per heavy atom. The molecule has 0 amide bonds. The van der Waals surface area contributed by atoms with Gasteiger partial charge in [0, 0.05) is 5.33 Å². The summed E-state index contributed by atoms with van der Waals surface area (Å²) in [6.45, 7) is 0. The van der Waals surface area contributed by atoms with Gasteiger partial charge < -0.3 is 14.6 Å². The van der Waals surface area contributed by atoms with Crippen LogP contribution in [-0.4, -0.2) is 16.5 Å². The van der Waals surface area contributed by atoms with Gasteiger partial charge >= 0.3 is 29.6 Å². The Labute approximate surface area is 143 Å². The molecule has 0 N–H and O–H groups in total. The maximum Gasteiger partial charge on any atom is 1.00 e. The molecule has 0 fully saturated rings. The van der Waals surface area contributed by atoms with Crippen LogP contribution in [0.15, 0.2) is 0 Å². The van der Waals surface area contributed by atoms with Gasteiger partial charge in [-0.15, -0.1) is 0 Å². The van der Waals surface area contributed by atoms with E-state index in [0.29, 0.717) is 0 Å². The number of alkyl halides is 2. The zero-order valence-corrected chi connectivity index (χ0v) is 15.6. The molecule has 0 aliphatic rings. The fourth-order valence-electron chi connectivity index (χ4n) is 1.45. The van der Waals surface area contributed by atoms with Crippen LogP contribution in [0.1, 0.15) is 51.4 Å². The molecule has 0 aliphatic heterocycles. The molecule has 0 spiro atoms. The van der Waals surface area contributed by atoms with Crippen LogP contribution in [0.4, 0.5) is 4.79 Å². The van der Waals surface area contributed by atoms with Crippen LogP contribution in [0.25, 0.3) is 0 Å². The first-order valence-corrected chi connectivity index (χ1v) is 7.78. The number of rotatable bonds is 10. The molecule has 0 heterocycles. The van der Waals surface area contributed by atoms with Crippen molar-refractivity contribution in [1.82, 2.24) is 0 Å². The van der Waals surface area contributed by atoms with Crippen LogP contribution >= 0.6 is 31.9 Å². The molecule has 1 unspecified atom stereocenters. The van der Waals surface area contributed by atoms with Crippen LogP contribution in [0.5, 0.6) is 0 Å². The van der Waals surface area contributed by atoms with E-state index in [1.165, 1.54) is 32.1 Å². The van der Waals surface area contributed by atoms with Gasteiger partial charge in [0.15, 0.2) is 0 Å². The van der Waals surface area contributed by atoms with Gasteiger partial charge in [-0.3, -0.25) is 0 Å². The van der Waals surface area contributed by atoms with E-state index in [1.807, 2.05) is 0 Å². The Balaban J connectivity index is 0. The molecule has 0 aliphatic carbocycles. The number of halogens is 2. The maximum absolute atomic E-state index is 10.1. The van der Waals surface area contributed by atoms with E-state index in [2.05, 4.69) is 36.6 Å². The topological polar surface area (TPSA) is 49.4 Å². The first-order chi connectivity index (χ1) is 7.66. The van der Waals surface area contributed by atoms with E-state index in [0.717, 1.165) is 24.6 Å². The van der Waals surface area contributed by atoms with Gasteiger partial charge in [-0.25, -0.2) is 0 Å². The quantitative estimate of drug-likeness (QED) is 0.241. The number of unbranched alkanes of at least 4 members (excludes halogenated alkanes) is 6. The molecule has 3 nitrogen and oxygen atoms in total. The summed E-state index contributed by atoms with van der Waals surface area (Å²) in [6.07, 6.45) is 7.69. The number of ether oxygens (including phenoxy) is 1. The van der Waals surface area contributed by atoms with E-state index >= 15 is 0 Å². The summed E-state index contributed by atoms with van der Waals surface area (Å²) in [5.74, 6) is 0. The number of hydrogen-bond donors (Lipinski definition) is 0. The minimum atomic E-state index is -1.46. The number of carbonyl (C=O) groups excluding carboxylic acids is 1. The van der Waals surface area contributed by atoms with Gasteiger partial charge in [-0.2, -0.15) is 0 Å². The molecule has 0 bridgehead atoms. The molecular formula is C11H19Br2NaO3. The van der Waals surface area contributed by atoms with Crippen molar-refractivity contribution in [2.24, 2.45) is 0 Å². The molecule has 0 aromatic carbocycles. The van der Waals surface area contributed by atoms with Gasteiger partial charge in [0.2, 0.25) is 0 Å².